The quantitative estimate of drug-likeness (QED) is 0.396. The maximum Gasteiger partial charge on any atom is 0.0622 e. The smallest absolute Gasteiger partial charge is 0.0622 e. The van der Waals surface area contributed by atoms with E-state index in [9.17, 15) is 0 Å². The summed E-state index contributed by atoms with van der Waals surface area (Å²) in [5, 5.41) is 0. The molecule has 0 aromatic heterocycles. The Morgan fingerprint density at radius 2 is 1.53 bits per heavy atom. The van der Waals surface area contributed by atoms with E-state index < -0.39 is 0 Å². The molecule has 4 aliphatic carbocycles. The molecule has 8 atom stereocenters. The van der Waals surface area contributed by atoms with Gasteiger partial charge in [-0.1, -0.05) is 60.8 Å². The number of hydrogen-bond acceptors (Lipinski definition) is 1. The lowest BCUT2D eigenvalue weighted by molar-refractivity contribution is -0.203. The zero-order chi connectivity index (χ0) is 23.6. The minimum atomic E-state index is 0.0390. The zero-order valence-corrected chi connectivity index (χ0v) is 23.3. The molecule has 0 bridgehead atoms. The molecule has 1 heteroatoms. The number of hydrogen-bond donors (Lipinski definition) is 0. The number of methoxy groups -OCH3 is 1. The average Bonchev–Trinajstić information content (AvgIpc) is 3.05. The molecule has 0 aliphatic heterocycles. The van der Waals surface area contributed by atoms with Crippen LogP contribution in [0.4, 0.5) is 0 Å². The van der Waals surface area contributed by atoms with Gasteiger partial charge in [0.05, 0.1) is 5.60 Å². The van der Waals surface area contributed by atoms with Crippen LogP contribution in [0.3, 0.4) is 0 Å². The summed E-state index contributed by atoms with van der Waals surface area (Å²) in [6.45, 7) is 20.6. The maximum atomic E-state index is 5.69. The molecular formula is C31H56O. The molecule has 0 radical (unpaired) electrons. The first-order valence-electron chi connectivity index (χ1n) is 14.4. The van der Waals surface area contributed by atoms with Crippen molar-refractivity contribution in [2.24, 2.45) is 51.2 Å². The van der Waals surface area contributed by atoms with E-state index in [1.165, 1.54) is 77.0 Å². The van der Waals surface area contributed by atoms with E-state index in [4.69, 9.17) is 4.74 Å². The van der Waals surface area contributed by atoms with Crippen LogP contribution >= 0.6 is 0 Å². The molecule has 1 unspecified atom stereocenters. The maximum absolute atomic E-state index is 5.69. The van der Waals surface area contributed by atoms with Crippen molar-refractivity contribution in [3.8, 4) is 0 Å². The van der Waals surface area contributed by atoms with Crippen LogP contribution in [0.25, 0.3) is 0 Å². The second kappa shape index (κ2) is 8.27. The number of rotatable bonds is 6. The van der Waals surface area contributed by atoms with Crippen molar-refractivity contribution in [3.63, 3.8) is 0 Å². The molecule has 4 rings (SSSR count). The Morgan fingerprint density at radius 1 is 0.844 bits per heavy atom. The molecule has 1 nitrogen and oxygen atoms in total. The Bertz CT molecular complexity index is 678. The second-order valence-electron chi connectivity index (χ2n) is 15.0. The monoisotopic (exact) mass is 444 g/mol. The van der Waals surface area contributed by atoms with Crippen LogP contribution in [0.2, 0.25) is 0 Å². The molecule has 0 aromatic rings. The summed E-state index contributed by atoms with van der Waals surface area (Å²) in [6, 6.07) is 0. The highest BCUT2D eigenvalue weighted by atomic mass is 16.5. The van der Waals surface area contributed by atoms with Gasteiger partial charge >= 0.3 is 0 Å². The van der Waals surface area contributed by atoms with Crippen molar-refractivity contribution in [3.05, 3.63) is 0 Å². The van der Waals surface area contributed by atoms with Crippen LogP contribution < -0.4 is 0 Å². The third-order valence-electron chi connectivity index (χ3n) is 12.9. The van der Waals surface area contributed by atoms with Gasteiger partial charge in [-0.2, -0.15) is 0 Å². The standard InChI is InChI=1S/C31H56O/c1-22(12-10-18-28(4,5)32-9)23-15-20-30(7)24(23)13-14-26-29(6)19-11-17-27(2,3)25(29)16-21-31(26,30)8/h22-26H,10-21H2,1-9H3/t22-,23+,24-,25?,26+,29-,30-,31+/m0/s1. The molecule has 0 spiro atoms. The van der Waals surface area contributed by atoms with Crippen LogP contribution in [0.5, 0.6) is 0 Å². The molecule has 0 amide bonds. The molecule has 186 valence electrons. The summed E-state index contributed by atoms with van der Waals surface area (Å²) in [5.74, 6) is 4.69. The molecule has 4 aliphatic rings. The Labute approximate surface area is 201 Å². The van der Waals surface area contributed by atoms with Gasteiger partial charge in [0.1, 0.15) is 0 Å². The van der Waals surface area contributed by atoms with Gasteiger partial charge in [0.2, 0.25) is 0 Å². The topological polar surface area (TPSA) is 9.23 Å². The van der Waals surface area contributed by atoms with Gasteiger partial charge in [-0.15, -0.1) is 0 Å². The summed E-state index contributed by atoms with van der Waals surface area (Å²) in [6.07, 6.45) is 17.3. The fourth-order valence-corrected chi connectivity index (χ4v) is 10.7. The molecule has 0 N–H and O–H groups in total. The number of ether oxygens (including phenoxy) is 1. The summed E-state index contributed by atoms with van der Waals surface area (Å²) in [7, 11) is 1.87. The van der Waals surface area contributed by atoms with Crippen molar-refractivity contribution in [1.82, 2.24) is 0 Å². The lowest BCUT2D eigenvalue weighted by Crippen LogP contribution is -2.62. The van der Waals surface area contributed by atoms with Gasteiger partial charge in [0, 0.05) is 7.11 Å². The van der Waals surface area contributed by atoms with Gasteiger partial charge in [0.15, 0.2) is 0 Å². The first-order valence-corrected chi connectivity index (χ1v) is 14.4. The van der Waals surface area contributed by atoms with Crippen LogP contribution in [0.15, 0.2) is 0 Å². The van der Waals surface area contributed by atoms with Gasteiger partial charge in [0.25, 0.3) is 0 Å². The third kappa shape index (κ3) is 3.74. The Kier molecular flexibility index (Phi) is 6.48. The van der Waals surface area contributed by atoms with E-state index in [0.29, 0.717) is 21.7 Å². The van der Waals surface area contributed by atoms with Crippen LogP contribution in [-0.4, -0.2) is 12.7 Å². The highest BCUT2D eigenvalue weighted by Crippen LogP contribution is 2.75. The largest absolute Gasteiger partial charge is 0.379 e. The Balaban J connectivity index is 1.51. The van der Waals surface area contributed by atoms with E-state index in [0.717, 1.165) is 29.6 Å². The van der Waals surface area contributed by atoms with Gasteiger partial charge in [-0.25, -0.2) is 0 Å². The van der Waals surface area contributed by atoms with Gasteiger partial charge in [-0.05, 0) is 123 Å². The van der Waals surface area contributed by atoms with Crippen molar-refractivity contribution in [1.29, 1.82) is 0 Å². The van der Waals surface area contributed by atoms with Crippen LogP contribution in [-0.2, 0) is 4.74 Å². The lowest BCUT2D eigenvalue weighted by atomic mass is 9.35. The predicted molar refractivity (Wildman–Crippen MR) is 138 cm³/mol. The predicted octanol–water partition coefficient (Wildman–Crippen LogP) is 9.29. The van der Waals surface area contributed by atoms with E-state index >= 15 is 0 Å². The Morgan fingerprint density at radius 3 is 2.22 bits per heavy atom. The van der Waals surface area contributed by atoms with Crippen molar-refractivity contribution < 1.29 is 4.74 Å². The first kappa shape index (κ1) is 25.1. The Hall–Kier alpha value is -0.0400. The molecule has 4 saturated carbocycles. The zero-order valence-electron chi connectivity index (χ0n) is 23.3. The lowest BCUT2D eigenvalue weighted by Gasteiger charge is -2.69. The van der Waals surface area contributed by atoms with Crippen molar-refractivity contribution >= 4 is 0 Å². The fraction of sp³-hybridized carbons (Fsp3) is 1.00. The second-order valence-corrected chi connectivity index (χ2v) is 15.0. The summed E-state index contributed by atoms with van der Waals surface area (Å²) < 4.78 is 5.69. The molecule has 0 aromatic carbocycles. The number of fused-ring (bicyclic) bond motifs is 5. The third-order valence-corrected chi connectivity index (χ3v) is 12.9. The molecule has 4 fully saturated rings. The van der Waals surface area contributed by atoms with E-state index in [1.807, 2.05) is 7.11 Å². The van der Waals surface area contributed by atoms with Gasteiger partial charge < -0.3 is 4.74 Å². The molecule has 0 saturated heterocycles. The minimum absolute atomic E-state index is 0.0390. The van der Waals surface area contributed by atoms with Crippen molar-refractivity contribution in [2.45, 2.75) is 138 Å². The first-order chi connectivity index (χ1) is 14.8. The minimum Gasteiger partial charge on any atom is -0.379 e. The van der Waals surface area contributed by atoms with E-state index in [1.54, 1.807) is 0 Å². The van der Waals surface area contributed by atoms with E-state index in [2.05, 4.69) is 55.4 Å². The van der Waals surface area contributed by atoms with Gasteiger partial charge in [-0.3, -0.25) is 0 Å². The molecule has 0 heterocycles. The summed E-state index contributed by atoms with van der Waals surface area (Å²) >= 11 is 0. The highest BCUT2D eigenvalue weighted by molar-refractivity contribution is 5.16. The summed E-state index contributed by atoms with van der Waals surface area (Å²) in [4.78, 5) is 0. The van der Waals surface area contributed by atoms with Crippen LogP contribution in [0.1, 0.15) is 132 Å². The molecular weight excluding hydrogens is 388 g/mol. The normalized spacial score (nSPS) is 46.8. The molecule has 32 heavy (non-hydrogen) atoms. The highest BCUT2D eigenvalue weighted by Gasteiger charge is 2.67. The van der Waals surface area contributed by atoms with Crippen molar-refractivity contribution in [2.75, 3.05) is 7.11 Å². The summed E-state index contributed by atoms with van der Waals surface area (Å²) in [5.41, 5.74) is 2.29. The SMILES string of the molecule is COC(C)(C)CCC[C@H](C)[C@H]1CC[C@@]2(C)[C@H]1CC[C@@H]1[C@@]3(C)CCCC(C)(C)C3CC[C@]12C. The van der Waals surface area contributed by atoms with E-state index in [-0.39, 0.29) is 5.60 Å². The van der Waals surface area contributed by atoms with Crippen LogP contribution in [0, 0.1) is 51.2 Å². The fourth-order valence-electron chi connectivity index (χ4n) is 10.7. The average molecular weight is 445 g/mol.